The Balaban J connectivity index is 1.53. The van der Waals surface area contributed by atoms with Crippen molar-refractivity contribution in [2.24, 2.45) is 4.99 Å². The molecule has 138 valence electrons. The Kier molecular flexibility index (Phi) is 3.98. The number of nitrogens with zero attached hydrogens (tertiary/aromatic N) is 2. The zero-order valence-electron chi connectivity index (χ0n) is 15.0. The van der Waals surface area contributed by atoms with Gasteiger partial charge >= 0.3 is 0 Å². The first-order valence-electron chi connectivity index (χ1n) is 8.78. The van der Waals surface area contributed by atoms with Crippen LogP contribution in [0.15, 0.2) is 59.6 Å². The van der Waals surface area contributed by atoms with E-state index >= 15 is 0 Å². The highest BCUT2D eigenvalue weighted by molar-refractivity contribution is 7.15. The lowest BCUT2D eigenvalue weighted by Gasteiger charge is -2.16. The third kappa shape index (κ3) is 2.78. The van der Waals surface area contributed by atoms with Crippen molar-refractivity contribution in [2.75, 3.05) is 7.11 Å². The molecule has 0 aliphatic carbocycles. The molecular formula is C22H16N2O3S. The van der Waals surface area contributed by atoms with Crippen molar-refractivity contribution in [1.29, 1.82) is 0 Å². The van der Waals surface area contributed by atoms with Crippen LogP contribution < -0.4 is 9.47 Å². The molecule has 6 heteroatoms. The van der Waals surface area contributed by atoms with Crippen molar-refractivity contribution in [1.82, 2.24) is 4.98 Å². The second-order valence-electron chi connectivity index (χ2n) is 6.40. The Morgan fingerprint density at radius 1 is 1.18 bits per heavy atom. The van der Waals surface area contributed by atoms with Crippen LogP contribution in [-0.4, -0.2) is 23.4 Å². The maximum atomic E-state index is 10.3. The Bertz CT molecular complexity index is 1230. The zero-order valence-corrected chi connectivity index (χ0v) is 15.9. The topological polar surface area (TPSA) is 63.9 Å². The summed E-state index contributed by atoms with van der Waals surface area (Å²) < 4.78 is 11.1. The van der Waals surface area contributed by atoms with E-state index in [1.165, 1.54) is 11.3 Å². The van der Waals surface area contributed by atoms with Gasteiger partial charge < -0.3 is 14.6 Å². The molecule has 0 radical (unpaired) electrons. The van der Waals surface area contributed by atoms with E-state index in [2.05, 4.69) is 4.99 Å². The molecule has 4 aromatic rings. The van der Waals surface area contributed by atoms with Gasteiger partial charge in [0.2, 0.25) is 5.13 Å². The molecule has 0 spiro atoms. The second-order valence-corrected chi connectivity index (χ2v) is 7.46. The fraction of sp³-hybridized carbons (Fsp3) is 0.0909. The average Bonchev–Trinajstić information content (AvgIpc) is 3.16. The number of benzene rings is 3. The summed E-state index contributed by atoms with van der Waals surface area (Å²) in [5, 5.41) is 12.9. The fourth-order valence-electron chi connectivity index (χ4n) is 3.33. The van der Waals surface area contributed by atoms with Gasteiger partial charge in [0.25, 0.3) is 0 Å². The molecule has 0 fully saturated rings. The molecule has 0 unspecified atom stereocenters. The van der Waals surface area contributed by atoms with Crippen LogP contribution in [-0.2, 0) is 6.61 Å². The molecule has 28 heavy (non-hydrogen) atoms. The Morgan fingerprint density at radius 3 is 2.96 bits per heavy atom. The standard InChI is InChI=1S/C22H16N2O3S/c1-26-14-7-8-16-19(10-14)27-12-20-21(16)24-22(28-20)23-11-17-15-5-3-2-4-13(15)6-9-18(17)25/h2-11,25H,12H2,1H3. The van der Waals surface area contributed by atoms with Crippen LogP contribution in [0.2, 0.25) is 0 Å². The highest BCUT2D eigenvalue weighted by Crippen LogP contribution is 2.43. The first kappa shape index (κ1) is 16.8. The summed E-state index contributed by atoms with van der Waals surface area (Å²) >= 11 is 1.49. The van der Waals surface area contributed by atoms with Gasteiger partial charge in [-0.1, -0.05) is 41.7 Å². The summed E-state index contributed by atoms with van der Waals surface area (Å²) in [7, 11) is 1.63. The molecule has 2 heterocycles. The average molecular weight is 388 g/mol. The molecule has 1 aromatic heterocycles. The molecule has 0 amide bonds. The van der Waals surface area contributed by atoms with Crippen molar-refractivity contribution in [3.8, 4) is 28.5 Å². The van der Waals surface area contributed by atoms with Crippen LogP contribution >= 0.6 is 11.3 Å². The molecule has 1 aliphatic heterocycles. The number of aromatic hydroxyl groups is 1. The predicted molar refractivity (Wildman–Crippen MR) is 111 cm³/mol. The number of methoxy groups -OCH3 is 1. The third-order valence-electron chi connectivity index (χ3n) is 4.74. The van der Waals surface area contributed by atoms with Crippen molar-refractivity contribution in [3.05, 3.63) is 65.0 Å². The Hall–Kier alpha value is -3.38. The van der Waals surface area contributed by atoms with Crippen LogP contribution in [0, 0.1) is 0 Å². The summed E-state index contributed by atoms with van der Waals surface area (Å²) in [4.78, 5) is 10.3. The van der Waals surface area contributed by atoms with E-state index in [1.54, 1.807) is 19.4 Å². The Morgan fingerprint density at radius 2 is 2.07 bits per heavy atom. The van der Waals surface area contributed by atoms with Crippen molar-refractivity contribution in [3.63, 3.8) is 0 Å². The first-order chi connectivity index (χ1) is 13.7. The van der Waals surface area contributed by atoms with Crippen LogP contribution in [0.4, 0.5) is 5.13 Å². The third-order valence-corrected chi connectivity index (χ3v) is 5.68. The fourth-order valence-corrected chi connectivity index (χ4v) is 4.16. The first-order valence-corrected chi connectivity index (χ1v) is 9.60. The lowest BCUT2D eigenvalue weighted by molar-refractivity contribution is 0.303. The highest BCUT2D eigenvalue weighted by Gasteiger charge is 2.22. The maximum absolute atomic E-state index is 10.3. The zero-order chi connectivity index (χ0) is 19.1. The minimum atomic E-state index is 0.199. The number of hydrogen-bond acceptors (Lipinski definition) is 6. The van der Waals surface area contributed by atoms with E-state index in [0.717, 1.165) is 38.4 Å². The number of thiazole rings is 1. The molecule has 0 saturated heterocycles. The van der Waals surface area contributed by atoms with Crippen molar-refractivity contribution < 1.29 is 14.6 Å². The van der Waals surface area contributed by atoms with E-state index in [-0.39, 0.29) is 5.75 Å². The number of aliphatic imine (C=N–C) groups is 1. The number of fused-ring (bicyclic) bond motifs is 4. The maximum Gasteiger partial charge on any atom is 0.210 e. The van der Waals surface area contributed by atoms with E-state index in [0.29, 0.717) is 17.3 Å². The predicted octanol–water partition coefficient (Wildman–Crippen LogP) is 5.32. The molecule has 3 aromatic carbocycles. The number of phenols is 1. The summed E-state index contributed by atoms with van der Waals surface area (Å²) in [6.45, 7) is 0.461. The van der Waals surface area contributed by atoms with Crippen LogP contribution in [0.5, 0.6) is 17.2 Å². The second kappa shape index (κ2) is 6.65. The molecule has 5 rings (SSSR count). The largest absolute Gasteiger partial charge is 0.507 e. The molecule has 5 nitrogen and oxygen atoms in total. The van der Waals surface area contributed by atoms with E-state index < -0.39 is 0 Å². The minimum absolute atomic E-state index is 0.199. The van der Waals surface area contributed by atoms with Gasteiger partial charge in [0.05, 0.1) is 17.7 Å². The highest BCUT2D eigenvalue weighted by atomic mass is 32.1. The number of phenolic OH excluding ortho intramolecular Hbond substituents is 1. The molecule has 0 saturated carbocycles. The van der Waals surface area contributed by atoms with Crippen LogP contribution in [0.25, 0.3) is 22.0 Å². The molecular weight excluding hydrogens is 372 g/mol. The van der Waals surface area contributed by atoms with Gasteiger partial charge in [0.1, 0.15) is 23.9 Å². The van der Waals surface area contributed by atoms with Gasteiger partial charge in [-0.15, -0.1) is 0 Å². The Labute approximate surface area is 165 Å². The van der Waals surface area contributed by atoms with Gasteiger partial charge in [-0.05, 0) is 29.0 Å². The minimum Gasteiger partial charge on any atom is -0.507 e. The van der Waals surface area contributed by atoms with Gasteiger partial charge in [-0.3, -0.25) is 0 Å². The molecule has 0 bridgehead atoms. The lowest BCUT2D eigenvalue weighted by atomic mass is 10.0. The van der Waals surface area contributed by atoms with Crippen LogP contribution in [0.3, 0.4) is 0 Å². The van der Waals surface area contributed by atoms with Gasteiger partial charge in [-0.25, -0.2) is 9.98 Å². The monoisotopic (exact) mass is 388 g/mol. The molecule has 1 aliphatic rings. The molecule has 1 N–H and O–H groups in total. The van der Waals surface area contributed by atoms with E-state index in [9.17, 15) is 5.11 Å². The van der Waals surface area contributed by atoms with Gasteiger partial charge in [0, 0.05) is 23.4 Å². The number of rotatable bonds is 3. The number of hydrogen-bond donors (Lipinski definition) is 1. The summed E-state index contributed by atoms with van der Waals surface area (Å²) in [5.74, 6) is 1.71. The number of aromatic nitrogens is 1. The van der Waals surface area contributed by atoms with Gasteiger partial charge in [0.15, 0.2) is 0 Å². The van der Waals surface area contributed by atoms with Gasteiger partial charge in [-0.2, -0.15) is 0 Å². The van der Waals surface area contributed by atoms with Crippen molar-refractivity contribution >= 4 is 33.5 Å². The lowest BCUT2D eigenvalue weighted by Crippen LogP contribution is -2.03. The SMILES string of the molecule is COc1ccc2c(c1)OCc1sc(N=Cc3c(O)ccc4ccccc34)nc1-2. The van der Waals surface area contributed by atoms with Crippen LogP contribution in [0.1, 0.15) is 10.4 Å². The summed E-state index contributed by atoms with van der Waals surface area (Å²) in [5.41, 5.74) is 2.52. The summed E-state index contributed by atoms with van der Waals surface area (Å²) in [6.07, 6.45) is 1.68. The normalized spacial score (nSPS) is 12.6. The molecule has 0 atom stereocenters. The number of ether oxygens (including phenoxy) is 2. The van der Waals surface area contributed by atoms with E-state index in [1.807, 2.05) is 48.5 Å². The summed E-state index contributed by atoms with van der Waals surface area (Å²) in [6, 6.07) is 17.2. The van der Waals surface area contributed by atoms with E-state index in [4.69, 9.17) is 14.5 Å². The quantitative estimate of drug-likeness (QED) is 0.483. The smallest absolute Gasteiger partial charge is 0.210 e. The van der Waals surface area contributed by atoms with Crippen molar-refractivity contribution in [2.45, 2.75) is 6.61 Å².